The number of hydrogen-bond donors (Lipinski definition) is 2. The van der Waals surface area contributed by atoms with Crippen LogP contribution in [0.1, 0.15) is 46.1 Å². The number of carbonyl (C=O) groups is 1. The number of amides is 1. The first kappa shape index (κ1) is 16.5. The van der Waals surface area contributed by atoms with Crippen LogP contribution < -0.4 is 11.1 Å². The highest BCUT2D eigenvalue weighted by Gasteiger charge is 2.24. The van der Waals surface area contributed by atoms with E-state index in [1.54, 1.807) is 0 Å². The van der Waals surface area contributed by atoms with Crippen molar-refractivity contribution < 1.29 is 4.79 Å². The number of nitrogens with zero attached hydrogens (tertiary/aromatic N) is 2. The molecule has 0 bridgehead atoms. The number of aromatic nitrogens is 2. The van der Waals surface area contributed by atoms with Crippen LogP contribution in [0.15, 0.2) is 30.5 Å². The Morgan fingerprint density at radius 3 is 2.82 bits per heavy atom. The van der Waals surface area contributed by atoms with Gasteiger partial charge in [0.25, 0.3) is 5.91 Å². The first-order valence-electron chi connectivity index (χ1n) is 7.29. The molecule has 118 valence electrons. The van der Waals surface area contributed by atoms with E-state index in [2.05, 4.69) is 10.4 Å². The molecule has 0 saturated heterocycles. The van der Waals surface area contributed by atoms with Gasteiger partial charge < -0.3 is 11.1 Å². The van der Waals surface area contributed by atoms with Crippen molar-refractivity contribution in [2.45, 2.75) is 31.8 Å². The maximum absolute atomic E-state index is 12.4. The van der Waals surface area contributed by atoms with Gasteiger partial charge in [0.1, 0.15) is 0 Å². The summed E-state index contributed by atoms with van der Waals surface area (Å²) in [5, 5.41) is 7.42. The average molecular weight is 321 g/mol. The van der Waals surface area contributed by atoms with Gasteiger partial charge in [-0.25, -0.2) is 0 Å². The van der Waals surface area contributed by atoms with Crippen LogP contribution in [0.3, 0.4) is 0 Å². The molecule has 0 fully saturated rings. The minimum Gasteiger partial charge on any atom is -0.345 e. The molecule has 1 heterocycles. The van der Waals surface area contributed by atoms with Gasteiger partial charge in [0.15, 0.2) is 0 Å². The lowest BCUT2D eigenvalue weighted by atomic mass is 9.92. The Bertz CT molecular complexity index is 651. The molecule has 0 aliphatic heterocycles. The summed E-state index contributed by atoms with van der Waals surface area (Å²) < 4.78 is 1.91. The molecule has 1 amide bonds. The summed E-state index contributed by atoms with van der Waals surface area (Å²) in [6.45, 7) is 0.490. The first-order valence-corrected chi connectivity index (χ1v) is 7.29. The lowest BCUT2D eigenvalue weighted by molar-refractivity contribution is 0.0932. The Morgan fingerprint density at radius 1 is 1.41 bits per heavy atom. The van der Waals surface area contributed by atoms with Crippen LogP contribution in [0.5, 0.6) is 0 Å². The monoisotopic (exact) mass is 320 g/mol. The number of aryl methyl sites for hydroxylation is 1. The van der Waals surface area contributed by atoms with Crippen molar-refractivity contribution in [2.24, 2.45) is 12.8 Å². The van der Waals surface area contributed by atoms with Gasteiger partial charge in [-0.2, -0.15) is 5.10 Å². The van der Waals surface area contributed by atoms with Crippen molar-refractivity contribution in [1.82, 2.24) is 15.1 Å². The summed E-state index contributed by atoms with van der Waals surface area (Å²) in [6.07, 6.45) is 4.94. The number of rotatable bonds is 3. The van der Waals surface area contributed by atoms with Crippen LogP contribution in [0.4, 0.5) is 0 Å². The van der Waals surface area contributed by atoms with E-state index in [0.29, 0.717) is 12.1 Å². The highest BCUT2D eigenvalue weighted by Crippen LogP contribution is 2.29. The van der Waals surface area contributed by atoms with E-state index < -0.39 is 0 Å². The third-order valence-corrected chi connectivity index (χ3v) is 4.13. The first-order chi connectivity index (χ1) is 10.2. The number of nitrogens with two attached hydrogens (primary N) is 1. The summed E-state index contributed by atoms with van der Waals surface area (Å²) >= 11 is 0. The van der Waals surface area contributed by atoms with Crippen LogP contribution >= 0.6 is 12.4 Å². The molecular formula is C16H21ClN4O. The molecular weight excluding hydrogens is 300 g/mol. The minimum absolute atomic E-state index is 0. The second-order valence-corrected chi connectivity index (χ2v) is 5.49. The van der Waals surface area contributed by atoms with Gasteiger partial charge in [-0.1, -0.05) is 12.1 Å². The Balaban J connectivity index is 0.00000176. The van der Waals surface area contributed by atoms with Gasteiger partial charge in [0, 0.05) is 30.4 Å². The molecule has 0 saturated carbocycles. The van der Waals surface area contributed by atoms with Crippen molar-refractivity contribution in [3.8, 4) is 0 Å². The summed E-state index contributed by atoms with van der Waals surface area (Å²) in [5.74, 6) is -0.0414. The molecule has 1 atom stereocenters. The standard InChI is InChI=1S/C16H20N4O.ClH/c1-20-15-4-2-3-14(13(15)10-18-20)19-16(21)12-7-5-11(9-17)6-8-12;/h5-8,10,14H,2-4,9,17H2,1H3,(H,19,21);1H. The van der Waals surface area contributed by atoms with Crippen LogP contribution in [0.25, 0.3) is 0 Å². The van der Waals surface area contributed by atoms with Crippen molar-refractivity contribution in [3.63, 3.8) is 0 Å². The maximum atomic E-state index is 12.4. The molecule has 1 unspecified atom stereocenters. The molecule has 0 spiro atoms. The van der Waals surface area contributed by atoms with E-state index in [1.807, 2.05) is 42.2 Å². The van der Waals surface area contributed by atoms with E-state index in [-0.39, 0.29) is 24.4 Å². The van der Waals surface area contributed by atoms with Crippen LogP contribution in [0.2, 0.25) is 0 Å². The molecule has 2 aromatic rings. The number of hydrogen-bond acceptors (Lipinski definition) is 3. The van der Waals surface area contributed by atoms with E-state index in [0.717, 1.165) is 30.4 Å². The van der Waals surface area contributed by atoms with Gasteiger partial charge in [0.05, 0.1) is 12.2 Å². The Kier molecular flexibility index (Phi) is 5.21. The summed E-state index contributed by atoms with van der Waals surface area (Å²) in [7, 11) is 1.95. The number of fused-ring (bicyclic) bond motifs is 1. The Labute approximate surface area is 136 Å². The third kappa shape index (κ3) is 3.15. The van der Waals surface area contributed by atoms with Gasteiger partial charge >= 0.3 is 0 Å². The van der Waals surface area contributed by atoms with E-state index in [4.69, 9.17) is 5.73 Å². The molecule has 3 rings (SSSR count). The predicted octanol–water partition coefficient (Wildman–Crippen LogP) is 2.11. The van der Waals surface area contributed by atoms with Gasteiger partial charge in [-0.3, -0.25) is 9.48 Å². The van der Waals surface area contributed by atoms with Crippen LogP contribution in [-0.2, 0) is 20.0 Å². The summed E-state index contributed by atoms with van der Waals surface area (Å²) in [4.78, 5) is 12.4. The quantitative estimate of drug-likeness (QED) is 0.909. The van der Waals surface area contributed by atoms with Crippen molar-refractivity contribution in [2.75, 3.05) is 0 Å². The molecule has 6 heteroatoms. The molecule has 1 aromatic carbocycles. The molecule has 3 N–H and O–H groups in total. The molecule has 22 heavy (non-hydrogen) atoms. The number of benzene rings is 1. The molecule has 0 radical (unpaired) electrons. The second kappa shape index (κ2) is 6.94. The largest absolute Gasteiger partial charge is 0.345 e. The van der Waals surface area contributed by atoms with Crippen molar-refractivity contribution in [1.29, 1.82) is 0 Å². The fourth-order valence-electron chi connectivity index (χ4n) is 2.89. The molecule has 5 nitrogen and oxygen atoms in total. The summed E-state index contributed by atoms with van der Waals surface area (Å²) in [6, 6.07) is 7.50. The fraction of sp³-hybridized carbons (Fsp3) is 0.375. The van der Waals surface area contributed by atoms with Crippen molar-refractivity contribution in [3.05, 3.63) is 52.8 Å². The SMILES string of the molecule is Cl.Cn1ncc2c1CCCC2NC(=O)c1ccc(CN)cc1. The zero-order valence-corrected chi connectivity index (χ0v) is 13.4. The van der Waals surface area contributed by atoms with Crippen LogP contribution in [0, 0.1) is 0 Å². The van der Waals surface area contributed by atoms with Gasteiger partial charge in [-0.05, 0) is 37.0 Å². The van der Waals surface area contributed by atoms with Gasteiger partial charge in [-0.15, -0.1) is 12.4 Å². The van der Waals surface area contributed by atoms with E-state index in [1.165, 1.54) is 5.69 Å². The average Bonchev–Trinajstić information content (AvgIpc) is 2.90. The smallest absolute Gasteiger partial charge is 0.251 e. The zero-order chi connectivity index (χ0) is 14.8. The molecule has 1 aromatic heterocycles. The number of carbonyl (C=O) groups excluding carboxylic acids is 1. The van der Waals surface area contributed by atoms with E-state index >= 15 is 0 Å². The van der Waals surface area contributed by atoms with E-state index in [9.17, 15) is 4.79 Å². The molecule has 1 aliphatic carbocycles. The lowest BCUT2D eigenvalue weighted by Crippen LogP contribution is -2.30. The Hall–Kier alpha value is -1.85. The van der Waals surface area contributed by atoms with Crippen LogP contribution in [-0.4, -0.2) is 15.7 Å². The second-order valence-electron chi connectivity index (χ2n) is 5.49. The highest BCUT2D eigenvalue weighted by atomic mass is 35.5. The number of nitrogens with one attached hydrogen (secondary N) is 1. The number of halogens is 1. The molecule has 1 aliphatic rings. The normalized spacial score (nSPS) is 16.5. The Morgan fingerprint density at radius 2 is 2.14 bits per heavy atom. The maximum Gasteiger partial charge on any atom is 0.251 e. The topological polar surface area (TPSA) is 72.9 Å². The highest BCUT2D eigenvalue weighted by molar-refractivity contribution is 5.94. The lowest BCUT2D eigenvalue weighted by Gasteiger charge is -2.23. The fourth-order valence-corrected chi connectivity index (χ4v) is 2.89. The zero-order valence-electron chi connectivity index (χ0n) is 12.6. The predicted molar refractivity (Wildman–Crippen MR) is 87.9 cm³/mol. The van der Waals surface area contributed by atoms with Gasteiger partial charge in [0.2, 0.25) is 0 Å². The third-order valence-electron chi connectivity index (χ3n) is 4.13. The minimum atomic E-state index is -0.0414. The van der Waals surface area contributed by atoms with Crippen molar-refractivity contribution >= 4 is 18.3 Å². The summed E-state index contributed by atoms with van der Waals surface area (Å²) in [5.41, 5.74) is 9.64.